The minimum absolute atomic E-state index is 0.558. The van der Waals surface area contributed by atoms with Crippen LogP contribution in [0.2, 0.25) is 0 Å². The molecule has 2 aromatic rings. The topological polar surface area (TPSA) is 54.6 Å². The molecule has 2 heterocycles. The van der Waals surface area contributed by atoms with Crippen LogP contribution in [0.4, 0.5) is 0 Å². The molecule has 0 unspecified atom stereocenters. The number of piperidine rings is 1. The van der Waals surface area contributed by atoms with Gasteiger partial charge in [-0.1, -0.05) is 0 Å². The molecule has 1 aromatic heterocycles. The lowest BCUT2D eigenvalue weighted by atomic mass is 10.00. The van der Waals surface area contributed by atoms with Gasteiger partial charge >= 0.3 is 0 Å². The van der Waals surface area contributed by atoms with Gasteiger partial charge in [-0.3, -0.25) is 9.67 Å². The van der Waals surface area contributed by atoms with Gasteiger partial charge in [0.05, 0.1) is 11.2 Å². The number of fused-ring (bicyclic) bond motifs is 1. The van der Waals surface area contributed by atoms with Crippen LogP contribution in [0.15, 0.2) is 28.2 Å². The number of aromatic nitrogens is 2. The monoisotopic (exact) mass is 311 g/mol. The Hall–Kier alpha value is -2.01. The van der Waals surface area contributed by atoms with Crippen molar-refractivity contribution in [2.24, 2.45) is 23.0 Å². The van der Waals surface area contributed by atoms with Crippen LogP contribution in [0.5, 0.6) is 0 Å². The van der Waals surface area contributed by atoms with Gasteiger partial charge in [-0.05, 0) is 63.9 Å². The second kappa shape index (κ2) is 7.04. The van der Waals surface area contributed by atoms with Crippen LogP contribution in [-0.2, 0) is 7.05 Å². The van der Waals surface area contributed by atoms with Crippen molar-refractivity contribution in [3.8, 4) is 0 Å². The van der Waals surface area contributed by atoms with Crippen LogP contribution in [0.3, 0.4) is 0 Å². The van der Waals surface area contributed by atoms with Crippen LogP contribution in [0.25, 0.3) is 10.9 Å². The number of nitrogens with one attached hydrogen (secondary N) is 1. The highest BCUT2D eigenvalue weighted by molar-refractivity contribution is 6.05. The zero-order valence-electron chi connectivity index (χ0n) is 14.2. The largest absolute Gasteiger partial charge is 0.317 e. The molecule has 0 spiro atoms. The van der Waals surface area contributed by atoms with Gasteiger partial charge in [0.25, 0.3) is 0 Å². The fourth-order valence-electron chi connectivity index (χ4n) is 3.11. The third-order valence-corrected chi connectivity index (χ3v) is 4.39. The van der Waals surface area contributed by atoms with Crippen molar-refractivity contribution >= 4 is 23.0 Å². The van der Waals surface area contributed by atoms with E-state index in [1.807, 2.05) is 25.6 Å². The summed E-state index contributed by atoms with van der Waals surface area (Å²) in [5.41, 5.74) is 3.26. The molecular formula is C18H25N5. The average Bonchev–Trinajstić information content (AvgIpc) is 2.86. The number of aryl methyl sites for hydroxylation is 2. The summed E-state index contributed by atoms with van der Waals surface area (Å²) in [5.74, 6) is 1.39. The lowest BCUT2D eigenvalue weighted by molar-refractivity contribution is 0.462. The van der Waals surface area contributed by atoms with Crippen LogP contribution in [0.1, 0.15) is 31.0 Å². The third kappa shape index (κ3) is 3.50. The number of hydrogen-bond acceptors (Lipinski definition) is 3. The number of aliphatic imine (C=N–C) groups is 2. The van der Waals surface area contributed by atoms with Gasteiger partial charge < -0.3 is 5.32 Å². The Balaban J connectivity index is 1.90. The van der Waals surface area contributed by atoms with Crippen LogP contribution >= 0.6 is 0 Å². The van der Waals surface area contributed by atoms with Crippen molar-refractivity contribution < 1.29 is 0 Å². The Bertz CT molecular complexity index is 735. The Kier molecular flexibility index (Phi) is 4.86. The maximum absolute atomic E-state index is 4.72. The van der Waals surface area contributed by atoms with Crippen molar-refractivity contribution in [2.75, 3.05) is 19.6 Å². The molecule has 5 heteroatoms. The number of benzene rings is 1. The van der Waals surface area contributed by atoms with E-state index < -0.39 is 0 Å². The first-order chi connectivity index (χ1) is 11.2. The molecule has 1 fully saturated rings. The molecule has 3 rings (SSSR count). The maximum Gasteiger partial charge on any atom is 0.154 e. The Morgan fingerprint density at radius 3 is 2.91 bits per heavy atom. The fourth-order valence-corrected chi connectivity index (χ4v) is 3.11. The Labute approximate surface area is 137 Å². The van der Waals surface area contributed by atoms with Gasteiger partial charge in [-0.25, -0.2) is 4.99 Å². The molecule has 1 aliphatic rings. The van der Waals surface area contributed by atoms with E-state index >= 15 is 0 Å². The van der Waals surface area contributed by atoms with Crippen LogP contribution in [0, 0.1) is 12.8 Å². The third-order valence-electron chi connectivity index (χ3n) is 4.39. The summed E-state index contributed by atoms with van der Waals surface area (Å²) >= 11 is 0. The van der Waals surface area contributed by atoms with Crippen molar-refractivity contribution in [2.45, 2.75) is 26.7 Å². The summed E-state index contributed by atoms with van der Waals surface area (Å²) < 4.78 is 1.92. The Morgan fingerprint density at radius 1 is 1.39 bits per heavy atom. The van der Waals surface area contributed by atoms with Crippen LogP contribution < -0.4 is 5.32 Å². The van der Waals surface area contributed by atoms with E-state index in [9.17, 15) is 0 Å². The summed E-state index contributed by atoms with van der Waals surface area (Å²) in [7, 11) is 1.98. The molecule has 1 saturated heterocycles. The van der Waals surface area contributed by atoms with Crippen molar-refractivity contribution in [1.29, 1.82) is 0 Å². The maximum atomic E-state index is 4.72. The van der Waals surface area contributed by atoms with Crippen molar-refractivity contribution in [3.63, 3.8) is 0 Å². The SMILES string of the molecule is CCN=C(N=CC1CCNCC1)c1ccc2c(c1)c(C)nn2C. The molecule has 0 atom stereocenters. The quantitative estimate of drug-likeness (QED) is 0.700. The molecular weight excluding hydrogens is 286 g/mol. The fraction of sp³-hybridized carbons (Fsp3) is 0.500. The highest BCUT2D eigenvalue weighted by Gasteiger charge is 2.12. The van der Waals surface area contributed by atoms with E-state index in [2.05, 4.69) is 39.8 Å². The number of rotatable bonds is 3. The zero-order valence-corrected chi connectivity index (χ0v) is 14.2. The van der Waals surface area contributed by atoms with Crippen LogP contribution in [-0.4, -0.2) is 41.5 Å². The number of nitrogens with zero attached hydrogens (tertiary/aromatic N) is 4. The first-order valence-corrected chi connectivity index (χ1v) is 8.42. The molecule has 1 aromatic carbocycles. The van der Waals surface area contributed by atoms with E-state index in [1.165, 1.54) is 5.39 Å². The van der Waals surface area contributed by atoms with Gasteiger partial charge in [0.15, 0.2) is 5.84 Å². The molecule has 1 N–H and O–H groups in total. The lowest BCUT2D eigenvalue weighted by Gasteiger charge is -2.18. The average molecular weight is 311 g/mol. The minimum Gasteiger partial charge on any atom is -0.317 e. The summed E-state index contributed by atoms with van der Waals surface area (Å²) in [4.78, 5) is 9.32. The molecule has 0 aliphatic carbocycles. The summed E-state index contributed by atoms with van der Waals surface area (Å²) in [6, 6.07) is 6.36. The summed E-state index contributed by atoms with van der Waals surface area (Å²) in [5, 5.41) is 9.05. The van der Waals surface area contributed by atoms with Gasteiger partial charge in [-0.2, -0.15) is 5.10 Å². The number of hydrogen-bond donors (Lipinski definition) is 1. The van der Waals surface area contributed by atoms with E-state index in [-0.39, 0.29) is 0 Å². The van der Waals surface area contributed by atoms with E-state index in [0.717, 1.165) is 55.1 Å². The van der Waals surface area contributed by atoms with Gasteiger partial charge in [0, 0.05) is 30.8 Å². The zero-order chi connectivity index (χ0) is 16.2. The first kappa shape index (κ1) is 15.9. The smallest absolute Gasteiger partial charge is 0.154 e. The van der Waals surface area contributed by atoms with Gasteiger partial charge in [0.2, 0.25) is 0 Å². The van der Waals surface area contributed by atoms with Crippen molar-refractivity contribution in [1.82, 2.24) is 15.1 Å². The molecule has 0 radical (unpaired) electrons. The van der Waals surface area contributed by atoms with E-state index in [4.69, 9.17) is 4.99 Å². The molecule has 0 saturated carbocycles. The number of amidine groups is 1. The Morgan fingerprint density at radius 2 is 2.17 bits per heavy atom. The highest BCUT2D eigenvalue weighted by Crippen LogP contribution is 2.20. The van der Waals surface area contributed by atoms with Gasteiger partial charge in [0.1, 0.15) is 0 Å². The summed E-state index contributed by atoms with van der Waals surface area (Å²) in [6.07, 6.45) is 4.41. The minimum atomic E-state index is 0.558. The molecule has 23 heavy (non-hydrogen) atoms. The predicted octanol–water partition coefficient (Wildman–Crippen LogP) is 2.72. The molecule has 122 valence electrons. The lowest BCUT2D eigenvalue weighted by Crippen LogP contribution is -2.28. The summed E-state index contributed by atoms with van der Waals surface area (Å²) in [6.45, 7) is 6.99. The van der Waals surface area contributed by atoms with Crippen molar-refractivity contribution in [3.05, 3.63) is 29.5 Å². The first-order valence-electron chi connectivity index (χ1n) is 8.42. The predicted molar refractivity (Wildman–Crippen MR) is 96.6 cm³/mol. The normalized spacial score (nSPS) is 17.4. The van der Waals surface area contributed by atoms with Gasteiger partial charge in [-0.15, -0.1) is 0 Å². The van der Waals surface area contributed by atoms with E-state index in [1.54, 1.807) is 0 Å². The second-order valence-electron chi connectivity index (χ2n) is 6.10. The van der Waals surface area contributed by atoms with E-state index in [0.29, 0.717) is 5.92 Å². The molecule has 5 nitrogen and oxygen atoms in total. The molecule has 0 bridgehead atoms. The highest BCUT2D eigenvalue weighted by atomic mass is 15.3. The molecule has 1 aliphatic heterocycles. The molecule has 0 amide bonds. The standard InChI is InChI=1S/C18H25N5/c1-4-20-18(21-12-14-7-9-19-10-8-14)15-5-6-17-16(11-15)13(2)22-23(17)3/h5-6,11-12,14,19H,4,7-10H2,1-3H3. The second-order valence-corrected chi connectivity index (χ2v) is 6.10.